The van der Waals surface area contributed by atoms with Crippen LogP contribution in [0.2, 0.25) is 0 Å². The van der Waals surface area contributed by atoms with Crippen LogP contribution in [0, 0.1) is 0 Å². The number of nitrogens with zero attached hydrogens (tertiary/aromatic N) is 1. The molecule has 0 bridgehead atoms. The molecule has 2 aromatic rings. The Labute approximate surface area is 155 Å². The van der Waals surface area contributed by atoms with Crippen molar-refractivity contribution in [3.63, 3.8) is 0 Å². The topological polar surface area (TPSA) is 70.8 Å². The number of fused-ring (bicyclic) bond motifs is 2. The Kier molecular flexibility index (Phi) is 3.92. The SMILES string of the molecule is CN(C)C(=O)c1ccccc1-c1c2ccc(=O)cc-2oc2cc(O)ccc12. The van der Waals surface area contributed by atoms with Gasteiger partial charge in [0.25, 0.3) is 5.91 Å². The maximum Gasteiger partial charge on any atom is 0.253 e. The van der Waals surface area contributed by atoms with Crippen LogP contribution in [0.4, 0.5) is 0 Å². The molecule has 0 fully saturated rings. The predicted molar refractivity (Wildman–Crippen MR) is 104 cm³/mol. The molecule has 0 spiro atoms. The second kappa shape index (κ2) is 6.29. The van der Waals surface area contributed by atoms with Crippen molar-refractivity contribution < 1.29 is 14.3 Å². The van der Waals surface area contributed by atoms with Crippen molar-refractivity contribution in [2.24, 2.45) is 0 Å². The minimum atomic E-state index is -0.172. The lowest BCUT2D eigenvalue weighted by Gasteiger charge is -2.19. The molecule has 4 rings (SSSR count). The lowest BCUT2D eigenvalue weighted by Crippen LogP contribution is -2.22. The molecular weight excluding hydrogens is 342 g/mol. The normalized spacial score (nSPS) is 11.0. The van der Waals surface area contributed by atoms with E-state index in [1.54, 1.807) is 38.4 Å². The predicted octanol–water partition coefficient (Wildman–Crippen LogP) is 3.97. The summed E-state index contributed by atoms with van der Waals surface area (Å²) in [5.41, 5.74) is 3.08. The largest absolute Gasteiger partial charge is 0.508 e. The van der Waals surface area contributed by atoms with Gasteiger partial charge in [0.15, 0.2) is 5.43 Å². The summed E-state index contributed by atoms with van der Waals surface area (Å²) in [7, 11) is 3.41. The lowest BCUT2D eigenvalue weighted by atomic mass is 9.90. The van der Waals surface area contributed by atoms with Gasteiger partial charge in [-0.1, -0.05) is 18.2 Å². The number of amides is 1. The number of hydrogen-bond donors (Lipinski definition) is 1. The number of aromatic hydroxyl groups is 1. The van der Waals surface area contributed by atoms with E-state index in [4.69, 9.17) is 4.42 Å². The van der Waals surface area contributed by atoms with Crippen LogP contribution in [-0.2, 0) is 0 Å². The molecule has 5 heteroatoms. The number of phenols is 1. The van der Waals surface area contributed by atoms with Gasteiger partial charge in [0.1, 0.15) is 17.1 Å². The molecule has 2 aromatic carbocycles. The van der Waals surface area contributed by atoms with Gasteiger partial charge in [0, 0.05) is 48.3 Å². The maximum atomic E-state index is 12.7. The fourth-order valence-corrected chi connectivity index (χ4v) is 3.28. The van der Waals surface area contributed by atoms with Crippen molar-refractivity contribution in [2.45, 2.75) is 0 Å². The van der Waals surface area contributed by atoms with Gasteiger partial charge in [-0.15, -0.1) is 0 Å². The molecule has 2 aliphatic rings. The number of benzene rings is 3. The third-order valence-corrected chi connectivity index (χ3v) is 4.51. The first-order chi connectivity index (χ1) is 13.0. The van der Waals surface area contributed by atoms with Crippen LogP contribution in [-0.4, -0.2) is 30.0 Å². The van der Waals surface area contributed by atoms with Crippen molar-refractivity contribution in [2.75, 3.05) is 14.1 Å². The van der Waals surface area contributed by atoms with Crippen molar-refractivity contribution in [1.29, 1.82) is 0 Å². The summed E-state index contributed by atoms with van der Waals surface area (Å²) in [5, 5.41) is 10.6. The van der Waals surface area contributed by atoms with Crippen LogP contribution in [0.1, 0.15) is 10.4 Å². The van der Waals surface area contributed by atoms with E-state index < -0.39 is 0 Å². The van der Waals surface area contributed by atoms with Gasteiger partial charge in [0.05, 0.1) is 0 Å². The zero-order valence-corrected chi connectivity index (χ0v) is 14.9. The summed E-state index contributed by atoms with van der Waals surface area (Å²) in [6, 6.07) is 16.8. The molecule has 1 N–H and O–H groups in total. The first kappa shape index (κ1) is 16.8. The number of hydrogen-bond acceptors (Lipinski definition) is 4. The quantitative estimate of drug-likeness (QED) is 0.550. The lowest BCUT2D eigenvalue weighted by molar-refractivity contribution is 0.0828. The minimum Gasteiger partial charge on any atom is -0.508 e. The highest BCUT2D eigenvalue weighted by Gasteiger charge is 2.22. The average Bonchev–Trinajstić information content (AvgIpc) is 2.65. The van der Waals surface area contributed by atoms with E-state index in [9.17, 15) is 14.7 Å². The zero-order valence-electron chi connectivity index (χ0n) is 14.9. The molecule has 5 nitrogen and oxygen atoms in total. The summed E-state index contributed by atoms with van der Waals surface area (Å²) >= 11 is 0. The summed E-state index contributed by atoms with van der Waals surface area (Å²) < 4.78 is 5.86. The first-order valence-corrected chi connectivity index (χ1v) is 8.46. The van der Waals surface area contributed by atoms with E-state index in [1.807, 2.05) is 18.2 Å². The zero-order chi connectivity index (χ0) is 19.1. The molecule has 27 heavy (non-hydrogen) atoms. The van der Waals surface area contributed by atoms with Crippen LogP contribution in [0.25, 0.3) is 33.4 Å². The summed E-state index contributed by atoms with van der Waals surface area (Å²) in [6.45, 7) is 0. The molecule has 0 atom stereocenters. The van der Waals surface area contributed by atoms with E-state index >= 15 is 0 Å². The molecule has 1 aliphatic carbocycles. The van der Waals surface area contributed by atoms with Crippen LogP contribution in [0.3, 0.4) is 0 Å². The van der Waals surface area contributed by atoms with Crippen LogP contribution >= 0.6 is 0 Å². The Balaban J connectivity index is 2.16. The molecule has 0 radical (unpaired) electrons. The number of rotatable bonds is 2. The monoisotopic (exact) mass is 359 g/mol. The number of phenolic OH excluding ortho intramolecular Hbond substituents is 1. The van der Waals surface area contributed by atoms with Gasteiger partial charge in [-0.2, -0.15) is 0 Å². The van der Waals surface area contributed by atoms with E-state index in [0.29, 0.717) is 16.9 Å². The maximum absolute atomic E-state index is 12.7. The highest BCUT2D eigenvalue weighted by molar-refractivity contribution is 6.09. The molecule has 0 saturated heterocycles. The Hall–Kier alpha value is -3.60. The van der Waals surface area contributed by atoms with Gasteiger partial charge in [-0.25, -0.2) is 0 Å². The molecule has 0 aromatic heterocycles. The Morgan fingerprint density at radius 2 is 1.74 bits per heavy atom. The smallest absolute Gasteiger partial charge is 0.253 e. The fraction of sp³-hybridized carbons (Fsp3) is 0.0909. The van der Waals surface area contributed by atoms with Gasteiger partial charge < -0.3 is 14.4 Å². The Morgan fingerprint density at radius 3 is 2.52 bits per heavy atom. The second-order valence-corrected chi connectivity index (χ2v) is 6.56. The Bertz CT molecular complexity index is 1210. The molecular formula is C22H17NO4. The van der Waals surface area contributed by atoms with E-state index in [-0.39, 0.29) is 17.1 Å². The summed E-state index contributed by atoms with van der Waals surface area (Å²) in [4.78, 5) is 26.1. The second-order valence-electron chi connectivity index (χ2n) is 6.56. The van der Waals surface area contributed by atoms with Gasteiger partial charge in [0.2, 0.25) is 0 Å². The third-order valence-electron chi connectivity index (χ3n) is 4.51. The molecule has 1 aliphatic heterocycles. The van der Waals surface area contributed by atoms with Crippen LogP contribution in [0.15, 0.2) is 69.9 Å². The summed E-state index contributed by atoms with van der Waals surface area (Å²) in [6.07, 6.45) is 0. The third kappa shape index (κ3) is 2.83. The van der Waals surface area contributed by atoms with E-state index in [0.717, 1.165) is 22.1 Å². The molecule has 0 saturated carbocycles. The standard InChI is InChI=1S/C22H17NO4/c1-23(2)22(26)16-6-4-3-5-15(16)21-17-9-7-13(24)11-19(17)27-20-12-14(25)8-10-18(20)21/h3-12,24H,1-2H3. The first-order valence-electron chi connectivity index (χ1n) is 8.46. The number of carbonyl (C=O) groups is 1. The van der Waals surface area contributed by atoms with Crippen LogP contribution in [0.5, 0.6) is 5.75 Å². The molecule has 134 valence electrons. The highest BCUT2D eigenvalue weighted by atomic mass is 16.3. The Morgan fingerprint density at radius 1 is 0.963 bits per heavy atom. The van der Waals surface area contributed by atoms with Crippen molar-refractivity contribution in [1.82, 2.24) is 4.90 Å². The van der Waals surface area contributed by atoms with E-state index in [2.05, 4.69) is 0 Å². The van der Waals surface area contributed by atoms with Gasteiger partial charge >= 0.3 is 0 Å². The average molecular weight is 359 g/mol. The molecule has 1 heterocycles. The van der Waals surface area contributed by atoms with Crippen molar-refractivity contribution in [3.8, 4) is 28.2 Å². The van der Waals surface area contributed by atoms with Gasteiger partial charge in [-0.05, 0) is 35.9 Å². The van der Waals surface area contributed by atoms with Crippen molar-refractivity contribution in [3.05, 3.63) is 76.5 Å². The van der Waals surface area contributed by atoms with E-state index in [1.165, 1.54) is 23.1 Å². The highest BCUT2D eigenvalue weighted by Crippen LogP contribution is 2.41. The number of carbonyl (C=O) groups excluding carboxylic acids is 1. The summed E-state index contributed by atoms with van der Waals surface area (Å²) in [5.74, 6) is 0.349. The van der Waals surface area contributed by atoms with Crippen LogP contribution < -0.4 is 5.43 Å². The van der Waals surface area contributed by atoms with Gasteiger partial charge in [-0.3, -0.25) is 9.59 Å². The molecule has 1 amide bonds. The molecule has 0 unspecified atom stereocenters. The fourth-order valence-electron chi connectivity index (χ4n) is 3.28. The van der Waals surface area contributed by atoms with Crippen molar-refractivity contribution >= 4 is 16.9 Å². The minimum absolute atomic E-state index is 0.0625.